The van der Waals surface area contributed by atoms with E-state index in [-0.39, 0.29) is 18.4 Å². The van der Waals surface area contributed by atoms with Crippen molar-refractivity contribution in [3.63, 3.8) is 0 Å². The van der Waals surface area contributed by atoms with E-state index >= 15 is 0 Å². The lowest BCUT2D eigenvalue weighted by Gasteiger charge is -2.41. The van der Waals surface area contributed by atoms with Crippen LogP contribution in [-0.2, 0) is 11.2 Å². The van der Waals surface area contributed by atoms with Gasteiger partial charge in [-0.05, 0) is 30.0 Å². The lowest BCUT2D eigenvalue weighted by molar-refractivity contribution is -0.123. The topological polar surface area (TPSA) is 109 Å². The molecule has 1 atom stereocenters. The Hall–Kier alpha value is -4.12. The number of thiophene rings is 1. The number of pyridine rings is 1. The predicted molar refractivity (Wildman–Crippen MR) is 131 cm³/mol. The highest BCUT2D eigenvalue weighted by Crippen LogP contribution is 2.21. The number of rotatable bonds is 7. The lowest BCUT2D eigenvalue weighted by atomic mass is 10.1. The fraction of sp³-hybridized carbons (Fsp3) is 0.250. The van der Waals surface area contributed by atoms with Crippen LogP contribution in [-0.4, -0.2) is 73.4 Å². The SMILES string of the molecule is O=C(NCCc1cccs1)C1CN(C(=O)c2ccccn2)CCN1c1cc(-n2ccnc2)ncn1. The molecule has 1 aliphatic rings. The van der Waals surface area contributed by atoms with Gasteiger partial charge in [0.15, 0.2) is 0 Å². The van der Waals surface area contributed by atoms with Crippen LogP contribution in [0.2, 0.25) is 0 Å². The van der Waals surface area contributed by atoms with Gasteiger partial charge in [-0.25, -0.2) is 15.0 Å². The molecule has 0 aromatic carbocycles. The maximum Gasteiger partial charge on any atom is 0.272 e. The molecule has 1 unspecified atom stereocenters. The fourth-order valence-corrected chi connectivity index (χ4v) is 4.74. The Labute approximate surface area is 206 Å². The Morgan fingerprint density at radius 3 is 2.74 bits per heavy atom. The Kier molecular flexibility index (Phi) is 6.75. The van der Waals surface area contributed by atoms with Crippen LogP contribution in [0.4, 0.5) is 5.82 Å². The number of hydrogen-bond donors (Lipinski definition) is 1. The van der Waals surface area contributed by atoms with E-state index in [1.165, 1.54) is 11.2 Å². The van der Waals surface area contributed by atoms with E-state index in [0.29, 0.717) is 37.0 Å². The number of imidazole rings is 1. The van der Waals surface area contributed by atoms with Gasteiger partial charge in [0.25, 0.3) is 5.91 Å². The molecule has 5 heterocycles. The van der Waals surface area contributed by atoms with Crippen LogP contribution in [0.15, 0.2) is 73.0 Å². The normalized spacial score (nSPS) is 15.7. The molecule has 4 aromatic rings. The van der Waals surface area contributed by atoms with E-state index in [2.05, 4.69) is 31.3 Å². The first kappa shape index (κ1) is 22.7. The van der Waals surface area contributed by atoms with Gasteiger partial charge in [-0.2, -0.15) is 0 Å². The zero-order chi connectivity index (χ0) is 24.0. The molecule has 1 saturated heterocycles. The Balaban J connectivity index is 1.36. The molecule has 35 heavy (non-hydrogen) atoms. The van der Waals surface area contributed by atoms with Crippen LogP contribution in [0.5, 0.6) is 0 Å². The molecule has 0 spiro atoms. The lowest BCUT2D eigenvalue weighted by Crippen LogP contribution is -2.60. The largest absolute Gasteiger partial charge is 0.354 e. The van der Waals surface area contributed by atoms with E-state index < -0.39 is 6.04 Å². The second kappa shape index (κ2) is 10.4. The summed E-state index contributed by atoms with van der Waals surface area (Å²) in [5.41, 5.74) is 0.363. The van der Waals surface area contributed by atoms with Crippen molar-refractivity contribution in [1.82, 2.24) is 34.7 Å². The van der Waals surface area contributed by atoms with Gasteiger partial charge in [0.1, 0.15) is 36.0 Å². The van der Waals surface area contributed by atoms with Gasteiger partial charge in [-0.15, -0.1) is 11.3 Å². The van der Waals surface area contributed by atoms with E-state index in [1.807, 2.05) is 22.4 Å². The minimum absolute atomic E-state index is 0.150. The number of carbonyl (C=O) groups excluding carboxylic acids is 2. The molecule has 178 valence electrons. The number of amides is 2. The van der Waals surface area contributed by atoms with Crippen molar-refractivity contribution in [2.45, 2.75) is 12.5 Å². The number of piperazine rings is 1. The summed E-state index contributed by atoms with van der Waals surface area (Å²) in [6.07, 6.45) is 8.95. The Morgan fingerprint density at radius 2 is 1.97 bits per heavy atom. The summed E-state index contributed by atoms with van der Waals surface area (Å²) in [4.78, 5) is 48.3. The second-order valence-electron chi connectivity index (χ2n) is 8.00. The molecule has 4 aromatic heterocycles. The average Bonchev–Trinajstić information content (AvgIpc) is 3.63. The first-order valence-corrected chi connectivity index (χ1v) is 12.1. The van der Waals surface area contributed by atoms with Crippen molar-refractivity contribution in [1.29, 1.82) is 0 Å². The van der Waals surface area contributed by atoms with Gasteiger partial charge >= 0.3 is 0 Å². The molecular formula is C24H24N8O2S. The quantitative estimate of drug-likeness (QED) is 0.423. The zero-order valence-corrected chi connectivity index (χ0v) is 19.7. The highest BCUT2D eigenvalue weighted by molar-refractivity contribution is 7.09. The maximum atomic E-state index is 13.4. The molecule has 5 rings (SSSR count). The van der Waals surface area contributed by atoms with Crippen LogP contribution in [0.1, 0.15) is 15.4 Å². The standard InChI is InChI=1S/C24H24N8O2S/c33-23(27-8-6-18-4-3-13-35-18)20-15-30(24(34)19-5-1-2-7-26-19)11-12-32(20)22-14-21(28-16-29-22)31-10-9-25-17-31/h1-5,7,9-10,13-14,16-17,20H,6,8,11-12,15H2,(H,27,33). The molecule has 1 fully saturated rings. The van der Waals surface area contributed by atoms with Crippen molar-refractivity contribution in [2.24, 2.45) is 0 Å². The van der Waals surface area contributed by atoms with E-state index in [9.17, 15) is 9.59 Å². The third-order valence-corrected chi connectivity index (χ3v) is 6.74. The van der Waals surface area contributed by atoms with Gasteiger partial charge in [0.2, 0.25) is 5.91 Å². The zero-order valence-electron chi connectivity index (χ0n) is 18.9. The van der Waals surface area contributed by atoms with E-state index in [4.69, 9.17) is 0 Å². The van der Waals surface area contributed by atoms with Crippen molar-refractivity contribution in [3.8, 4) is 5.82 Å². The summed E-state index contributed by atoms with van der Waals surface area (Å²) in [5, 5.41) is 5.07. The molecule has 0 radical (unpaired) electrons. The van der Waals surface area contributed by atoms with Crippen molar-refractivity contribution in [3.05, 3.63) is 83.6 Å². The summed E-state index contributed by atoms with van der Waals surface area (Å²) in [6, 6.07) is 10.5. The number of aromatic nitrogens is 5. The van der Waals surface area contributed by atoms with Crippen LogP contribution in [0, 0.1) is 0 Å². The van der Waals surface area contributed by atoms with Crippen LogP contribution in [0.25, 0.3) is 5.82 Å². The number of nitrogens with zero attached hydrogens (tertiary/aromatic N) is 7. The Morgan fingerprint density at radius 1 is 1.06 bits per heavy atom. The molecule has 2 amide bonds. The summed E-state index contributed by atoms with van der Waals surface area (Å²) in [5.74, 6) is 0.926. The van der Waals surface area contributed by atoms with E-state index in [0.717, 1.165) is 6.42 Å². The summed E-state index contributed by atoms with van der Waals surface area (Å²) < 4.78 is 1.78. The van der Waals surface area contributed by atoms with Crippen molar-refractivity contribution < 1.29 is 9.59 Å². The minimum atomic E-state index is -0.606. The molecular weight excluding hydrogens is 464 g/mol. The molecule has 0 saturated carbocycles. The Bertz CT molecular complexity index is 1260. The predicted octanol–water partition coefficient (Wildman–Crippen LogP) is 1.81. The highest BCUT2D eigenvalue weighted by Gasteiger charge is 2.35. The third kappa shape index (κ3) is 5.19. The third-order valence-electron chi connectivity index (χ3n) is 5.81. The second-order valence-corrected chi connectivity index (χ2v) is 9.03. The van der Waals surface area contributed by atoms with E-state index in [1.54, 1.807) is 63.9 Å². The van der Waals surface area contributed by atoms with Gasteiger partial charge in [-0.1, -0.05) is 12.1 Å². The fourth-order valence-electron chi connectivity index (χ4n) is 4.03. The molecule has 10 nitrogen and oxygen atoms in total. The first-order valence-electron chi connectivity index (χ1n) is 11.3. The number of nitrogens with one attached hydrogen (secondary N) is 1. The van der Waals surface area contributed by atoms with Crippen molar-refractivity contribution >= 4 is 29.0 Å². The average molecular weight is 489 g/mol. The maximum absolute atomic E-state index is 13.4. The molecule has 1 aliphatic heterocycles. The van der Waals surface area contributed by atoms with Crippen LogP contribution in [0.3, 0.4) is 0 Å². The van der Waals surface area contributed by atoms with Crippen LogP contribution < -0.4 is 10.2 Å². The number of anilines is 1. The van der Waals surface area contributed by atoms with Gasteiger partial charge in [0.05, 0.1) is 6.54 Å². The summed E-state index contributed by atoms with van der Waals surface area (Å²) in [7, 11) is 0. The van der Waals surface area contributed by atoms with Gasteiger partial charge in [0, 0.05) is 49.2 Å². The molecule has 0 bridgehead atoms. The van der Waals surface area contributed by atoms with Gasteiger partial charge in [-0.3, -0.25) is 19.1 Å². The highest BCUT2D eigenvalue weighted by atomic mass is 32.1. The minimum Gasteiger partial charge on any atom is -0.354 e. The first-order chi connectivity index (χ1) is 17.2. The summed E-state index contributed by atoms with van der Waals surface area (Å²) in [6.45, 7) is 1.63. The number of hydrogen-bond acceptors (Lipinski definition) is 8. The van der Waals surface area contributed by atoms with Crippen molar-refractivity contribution in [2.75, 3.05) is 31.1 Å². The van der Waals surface area contributed by atoms with Gasteiger partial charge < -0.3 is 15.1 Å². The number of carbonyl (C=O) groups is 2. The van der Waals surface area contributed by atoms with Crippen LogP contribution >= 0.6 is 11.3 Å². The monoisotopic (exact) mass is 488 g/mol. The molecule has 0 aliphatic carbocycles. The molecule has 1 N–H and O–H groups in total. The smallest absolute Gasteiger partial charge is 0.272 e. The summed E-state index contributed by atoms with van der Waals surface area (Å²) >= 11 is 1.66. The molecule has 11 heteroatoms.